The molecule has 0 bridgehead atoms. The van der Waals surface area contributed by atoms with Crippen molar-refractivity contribution in [2.75, 3.05) is 6.61 Å². The van der Waals surface area contributed by atoms with Crippen LogP contribution in [-0.4, -0.2) is 42.3 Å². The van der Waals surface area contributed by atoms with Crippen LogP contribution in [0.3, 0.4) is 0 Å². The predicted molar refractivity (Wildman–Crippen MR) is 178 cm³/mol. The van der Waals surface area contributed by atoms with Gasteiger partial charge in [-0.3, -0.25) is 9.59 Å². The number of rotatable bonds is 12. The van der Waals surface area contributed by atoms with E-state index in [4.69, 9.17) is 18.9 Å². The molecule has 1 N–H and O–H groups in total. The second kappa shape index (κ2) is 15.4. The van der Waals surface area contributed by atoms with Crippen molar-refractivity contribution < 1.29 is 38.1 Å². The smallest absolute Gasteiger partial charge is 0.407 e. The monoisotopic (exact) mass is 649 g/mol. The number of benzene rings is 4. The number of alkyl carbamates (subject to hydrolysis) is 1. The van der Waals surface area contributed by atoms with Crippen molar-refractivity contribution in [1.82, 2.24) is 5.32 Å². The van der Waals surface area contributed by atoms with Crippen LogP contribution in [0.2, 0.25) is 0 Å². The van der Waals surface area contributed by atoms with Crippen molar-refractivity contribution in [2.24, 2.45) is 5.92 Å². The molecule has 48 heavy (non-hydrogen) atoms. The summed E-state index contributed by atoms with van der Waals surface area (Å²) < 4.78 is 22.2. The Morgan fingerprint density at radius 1 is 0.625 bits per heavy atom. The number of nitrogens with one attached hydrogen (secondary N) is 1. The number of ether oxygens (including phenoxy) is 4. The van der Waals surface area contributed by atoms with Gasteiger partial charge in [0.05, 0.1) is 0 Å². The third-order valence-corrected chi connectivity index (χ3v) is 7.82. The van der Waals surface area contributed by atoms with Crippen molar-refractivity contribution in [1.29, 1.82) is 0 Å². The van der Waals surface area contributed by atoms with Crippen LogP contribution in [0.5, 0.6) is 0 Å². The summed E-state index contributed by atoms with van der Waals surface area (Å²) in [6.45, 7) is 4.83. The van der Waals surface area contributed by atoms with Gasteiger partial charge >= 0.3 is 24.0 Å². The van der Waals surface area contributed by atoms with Crippen molar-refractivity contribution >= 4 is 24.0 Å². The van der Waals surface area contributed by atoms with E-state index in [1.54, 1.807) is 69.3 Å². The van der Waals surface area contributed by atoms with Crippen molar-refractivity contribution in [3.8, 4) is 11.1 Å². The summed E-state index contributed by atoms with van der Waals surface area (Å²) in [5.74, 6) is -4.41. The summed E-state index contributed by atoms with van der Waals surface area (Å²) in [7, 11) is 0. The Hall–Kier alpha value is -5.44. The number of amides is 1. The summed E-state index contributed by atoms with van der Waals surface area (Å²) in [6.07, 6.45) is -1.37. The molecule has 0 saturated heterocycles. The van der Waals surface area contributed by atoms with E-state index in [0.29, 0.717) is 11.1 Å². The molecule has 0 aliphatic heterocycles. The van der Waals surface area contributed by atoms with Crippen LogP contribution in [0.15, 0.2) is 109 Å². The van der Waals surface area contributed by atoms with E-state index in [1.165, 1.54) is 0 Å². The van der Waals surface area contributed by atoms with E-state index in [1.807, 2.05) is 60.7 Å². The van der Waals surface area contributed by atoms with E-state index in [2.05, 4.69) is 5.32 Å². The lowest BCUT2D eigenvalue weighted by molar-refractivity contribution is -0.166. The van der Waals surface area contributed by atoms with Crippen LogP contribution in [0.1, 0.15) is 55.4 Å². The SMILES string of the molecule is CC(C)(C)OC(=O)[C@H](CC(C(=O)OCc1ccccc1)C(=O)OCc1ccccc1)NC(=O)OCC1c2ccccc2-c2ccccc21. The third-order valence-electron chi connectivity index (χ3n) is 7.82. The molecular formula is C39H39NO8. The van der Waals surface area contributed by atoms with Gasteiger partial charge in [-0.25, -0.2) is 9.59 Å². The molecule has 0 radical (unpaired) electrons. The molecule has 4 aromatic rings. The average Bonchev–Trinajstić information content (AvgIpc) is 3.40. The Morgan fingerprint density at radius 3 is 1.56 bits per heavy atom. The molecule has 9 nitrogen and oxygen atoms in total. The van der Waals surface area contributed by atoms with Gasteiger partial charge in [0.2, 0.25) is 0 Å². The van der Waals surface area contributed by atoms with Crippen LogP contribution >= 0.6 is 0 Å². The zero-order valence-corrected chi connectivity index (χ0v) is 27.2. The van der Waals surface area contributed by atoms with Crippen LogP contribution in [0, 0.1) is 5.92 Å². The highest BCUT2D eigenvalue weighted by molar-refractivity contribution is 5.96. The molecule has 1 aliphatic carbocycles. The highest BCUT2D eigenvalue weighted by Crippen LogP contribution is 2.44. The molecule has 0 unspecified atom stereocenters. The minimum Gasteiger partial charge on any atom is -0.460 e. The van der Waals surface area contributed by atoms with Crippen LogP contribution in [0.25, 0.3) is 11.1 Å². The topological polar surface area (TPSA) is 117 Å². The normalized spacial score (nSPS) is 12.8. The fourth-order valence-corrected chi connectivity index (χ4v) is 5.55. The van der Waals surface area contributed by atoms with Gasteiger partial charge in [-0.05, 0) is 54.2 Å². The average molecular weight is 650 g/mol. The lowest BCUT2D eigenvalue weighted by Crippen LogP contribution is -2.47. The molecule has 1 atom stereocenters. The number of fused-ring (bicyclic) bond motifs is 3. The van der Waals surface area contributed by atoms with Gasteiger partial charge in [0.25, 0.3) is 0 Å². The fraction of sp³-hybridized carbons (Fsp3) is 0.282. The first-order valence-electron chi connectivity index (χ1n) is 15.8. The van der Waals surface area contributed by atoms with Crippen LogP contribution in [-0.2, 0) is 46.5 Å². The zero-order valence-electron chi connectivity index (χ0n) is 27.2. The number of carbonyl (C=O) groups excluding carboxylic acids is 4. The van der Waals surface area contributed by atoms with E-state index in [-0.39, 0.29) is 25.7 Å². The Kier molecular flexibility index (Phi) is 10.9. The van der Waals surface area contributed by atoms with Crippen LogP contribution in [0.4, 0.5) is 4.79 Å². The molecule has 0 fully saturated rings. The molecule has 9 heteroatoms. The number of hydrogen-bond acceptors (Lipinski definition) is 8. The molecule has 0 saturated carbocycles. The fourth-order valence-electron chi connectivity index (χ4n) is 5.55. The Bertz CT molecular complexity index is 1630. The van der Waals surface area contributed by atoms with E-state index in [9.17, 15) is 19.2 Å². The van der Waals surface area contributed by atoms with Gasteiger partial charge in [0.15, 0.2) is 5.92 Å². The third kappa shape index (κ3) is 8.88. The molecule has 1 aliphatic rings. The summed E-state index contributed by atoms with van der Waals surface area (Å²) in [5.41, 5.74) is 4.69. The minimum absolute atomic E-state index is 0.00254. The summed E-state index contributed by atoms with van der Waals surface area (Å²) >= 11 is 0. The Labute approximate surface area is 280 Å². The van der Waals surface area contributed by atoms with Gasteiger partial charge in [-0.1, -0.05) is 109 Å². The maximum absolute atomic E-state index is 13.4. The first-order valence-corrected chi connectivity index (χ1v) is 15.8. The summed E-state index contributed by atoms with van der Waals surface area (Å²) in [5, 5.41) is 2.55. The predicted octanol–water partition coefficient (Wildman–Crippen LogP) is 6.73. The molecule has 4 aromatic carbocycles. The van der Waals surface area contributed by atoms with Gasteiger partial charge in [0.1, 0.15) is 31.5 Å². The zero-order chi connectivity index (χ0) is 34.1. The molecule has 248 valence electrons. The van der Waals surface area contributed by atoms with Gasteiger partial charge in [-0.15, -0.1) is 0 Å². The van der Waals surface area contributed by atoms with Gasteiger partial charge in [0, 0.05) is 12.3 Å². The quantitative estimate of drug-likeness (QED) is 0.102. The first-order chi connectivity index (χ1) is 23.1. The van der Waals surface area contributed by atoms with Gasteiger partial charge in [-0.2, -0.15) is 0 Å². The lowest BCUT2D eigenvalue weighted by atomic mass is 9.98. The van der Waals surface area contributed by atoms with Crippen LogP contribution < -0.4 is 5.32 Å². The highest BCUT2D eigenvalue weighted by Gasteiger charge is 2.38. The molecule has 0 aromatic heterocycles. The number of hydrogen-bond donors (Lipinski definition) is 1. The van der Waals surface area contributed by atoms with E-state index >= 15 is 0 Å². The largest absolute Gasteiger partial charge is 0.460 e. The maximum atomic E-state index is 13.4. The van der Waals surface area contributed by atoms with Crippen molar-refractivity contribution in [2.45, 2.75) is 58.0 Å². The van der Waals surface area contributed by atoms with E-state index < -0.39 is 48.0 Å². The van der Waals surface area contributed by atoms with E-state index in [0.717, 1.165) is 22.3 Å². The number of carbonyl (C=O) groups is 4. The standard InChI is InChI=1S/C39H39NO8/c1-39(2,3)48-37(43)34(40-38(44)47-25-33-30-20-12-10-18-28(30)29-19-11-13-21-31(29)33)22-32(35(41)45-23-26-14-6-4-7-15-26)36(42)46-24-27-16-8-5-9-17-27/h4-21,32-34H,22-25H2,1-3H3,(H,40,44)/t34-/m0/s1. The Balaban J connectivity index is 1.32. The number of esters is 3. The first kappa shape index (κ1) is 33.9. The molecule has 1 amide bonds. The second-order valence-electron chi connectivity index (χ2n) is 12.5. The lowest BCUT2D eigenvalue weighted by Gasteiger charge is -2.26. The Morgan fingerprint density at radius 2 is 1.08 bits per heavy atom. The molecule has 5 rings (SSSR count). The molecule has 0 heterocycles. The summed E-state index contributed by atoms with van der Waals surface area (Å²) in [4.78, 5) is 53.5. The second-order valence-corrected chi connectivity index (χ2v) is 12.5. The molecule has 0 spiro atoms. The maximum Gasteiger partial charge on any atom is 0.407 e. The van der Waals surface area contributed by atoms with Crippen molar-refractivity contribution in [3.63, 3.8) is 0 Å². The minimum atomic E-state index is -1.55. The van der Waals surface area contributed by atoms with Crippen molar-refractivity contribution in [3.05, 3.63) is 131 Å². The highest BCUT2D eigenvalue weighted by atomic mass is 16.6. The van der Waals surface area contributed by atoms with Gasteiger partial charge < -0.3 is 24.3 Å². The molecular weight excluding hydrogens is 610 g/mol. The summed E-state index contributed by atoms with van der Waals surface area (Å²) in [6, 6.07) is 32.4.